The van der Waals surface area contributed by atoms with Crippen LogP contribution in [0.3, 0.4) is 0 Å². The largest absolute Gasteiger partial charge is 0.488 e. The number of nitrogens with zero attached hydrogens (tertiary/aromatic N) is 7. The van der Waals surface area contributed by atoms with E-state index in [0.717, 1.165) is 5.69 Å². The summed E-state index contributed by atoms with van der Waals surface area (Å²) in [4.78, 5) is 29.7. The molecule has 2 aliphatic heterocycles. The van der Waals surface area contributed by atoms with Gasteiger partial charge in [-0.3, -0.25) is 0 Å². The van der Waals surface area contributed by atoms with E-state index in [1.807, 2.05) is 32.9 Å². The molecule has 7 rings (SSSR count). The molecule has 5 heterocycles. The molecule has 1 fully saturated rings. The zero-order valence-electron chi connectivity index (χ0n) is 23.8. The molecule has 0 bridgehead atoms. The summed E-state index contributed by atoms with van der Waals surface area (Å²) in [6.07, 6.45) is 4.26. The maximum Gasteiger partial charge on any atom is 0.410 e. The highest BCUT2D eigenvalue weighted by Crippen LogP contribution is 2.43. The molecule has 0 saturated carbocycles. The van der Waals surface area contributed by atoms with Crippen molar-refractivity contribution < 1.29 is 23.4 Å². The van der Waals surface area contributed by atoms with Crippen LogP contribution < -0.4 is 19.7 Å². The molecule has 2 aliphatic rings. The Labute approximate surface area is 246 Å². The van der Waals surface area contributed by atoms with Crippen LogP contribution in [0.2, 0.25) is 0 Å². The van der Waals surface area contributed by atoms with E-state index in [-0.39, 0.29) is 17.9 Å². The highest BCUT2D eigenvalue weighted by Gasteiger charge is 2.37. The first-order valence-corrected chi connectivity index (χ1v) is 13.9. The zero-order valence-corrected chi connectivity index (χ0v) is 23.8. The van der Waals surface area contributed by atoms with Crippen LogP contribution in [0, 0.1) is 5.82 Å². The van der Waals surface area contributed by atoms with E-state index in [1.54, 1.807) is 39.9 Å². The second-order valence-electron chi connectivity index (χ2n) is 11.4. The summed E-state index contributed by atoms with van der Waals surface area (Å²) in [5.41, 5.74) is 2.09. The minimum atomic E-state index is -0.560. The number of anilines is 3. The fraction of sp³-hybridized carbons (Fsp3) is 0.300. The SMILES string of the molecule is CC(C)(C)OC(=O)N1CCN2c3ccc4ncnc(Nc5ccc(Oc6ccn7ncnc7c6)c(F)c5)c4c3OC[C@@H]2C1. The number of hydrogen-bond donors (Lipinski definition) is 1. The van der Waals surface area contributed by atoms with Gasteiger partial charge in [-0.1, -0.05) is 0 Å². The molecular weight excluding hydrogens is 555 g/mol. The van der Waals surface area contributed by atoms with Crippen LogP contribution in [0.15, 0.2) is 61.3 Å². The summed E-state index contributed by atoms with van der Waals surface area (Å²) in [6, 6.07) is 11.8. The number of aromatic nitrogens is 5. The van der Waals surface area contributed by atoms with Gasteiger partial charge < -0.3 is 29.3 Å². The number of pyridine rings is 1. The maximum atomic E-state index is 15.1. The molecule has 3 aromatic heterocycles. The number of amides is 1. The molecule has 2 aromatic carbocycles. The fourth-order valence-electron chi connectivity index (χ4n) is 5.35. The third-order valence-corrected chi connectivity index (χ3v) is 7.27. The Balaban J connectivity index is 1.12. The molecule has 1 atom stereocenters. The highest BCUT2D eigenvalue weighted by atomic mass is 19.1. The van der Waals surface area contributed by atoms with Gasteiger partial charge in [-0.05, 0) is 51.1 Å². The first-order valence-electron chi connectivity index (χ1n) is 13.9. The molecule has 1 N–H and O–H groups in total. The van der Waals surface area contributed by atoms with Crippen molar-refractivity contribution in [1.29, 1.82) is 0 Å². The molecule has 0 spiro atoms. The number of benzene rings is 2. The molecule has 12 nitrogen and oxygen atoms in total. The Morgan fingerprint density at radius 1 is 1.07 bits per heavy atom. The topological polar surface area (TPSA) is 119 Å². The summed E-state index contributed by atoms with van der Waals surface area (Å²) in [5.74, 6) is 1.09. The van der Waals surface area contributed by atoms with Gasteiger partial charge in [0, 0.05) is 43.7 Å². The average Bonchev–Trinajstić information content (AvgIpc) is 3.45. The van der Waals surface area contributed by atoms with Crippen LogP contribution in [0.1, 0.15) is 20.8 Å². The van der Waals surface area contributed by atoms with Gasteiger partial charge in [-0.15, -0.1) is 0 Å². The molecular formula is C30H29FN8O4. The van der Waals surface area contributed by atoms with Crippen molar-refractivity contribution in [3.8, 4) is 17.2 Å². The van der Waals surface area contributed by atoms with Crippen molar-refractivity contribution in [2.75, 3.05) is 36.5 Å². The second-order valence-corrected chi connectivity index (χ2v) is 11.4. The van der Waals surface area contributed by atoms with Crippen molar-refractivity contribution >= 4 is 39.8 Å². The summed E-state index contributed by atoms with van der Waals surface area (Å²) >= 11 is 0. The minimum absolute atomic E-state index is 0.0284. The van der Waals surface area contributed by atoms with Gasteiger partial charge in [-0.2, -0.15) is 5.10 Å². The molecule has 220 valence electrons. The number of fused-ring (bicyclic) bond motifs is 6. The van der Waals surface area contributed by atoms with E-state index >= 15 is 4.39 Å². The van der Waals surface area contributed by atoms with Crippen LogP contribution in [0.4, 0.5) is 26.4 Å². The molecule has 1 amide bonds. The minimum Gasteiger partial charge on any atom is -0.488 e. The van der Waals surface area contributed by atoms with E-state index in [2.05, 4.69) is 30.3 Å². The van der Waals surface area contributed by atoms with E-state index < -0.39 is 11.4 Å². The van der Waals surface area contributed by atoms with E-state index in [0.29, 0.717) is 65.8 Å². The normalized spacial score (nSPS) is 16.4. The van der Waals surface area contributed by atoms with Gasteiger partial charge in [0.05, 0.1) is 22.6 Å². The number of ether oxygens (including phenoxy) is 3. The van der Waals surface area contributed by atoms with Gasteiger partial charge >= 0.3 is 6.09 Å². The van der Waals surface area contributed by atoms with Crippen molar-refractivity contribution in [1.82, 2.24) is 29.5 Å². The number of hydrogen-bond acceptors (Lipinski definition) is 10. The second kappa shape index (κ2) is 10.3. The lowest BCUT2D eigenvalue weighted by Crippen LogP contribution is -2.59. The van der Waals surface area contributed by atoms with Crippen LogP contribution in [-0.2, 0) is 4.74 Å². The molecule has 13 heteroatoms. The van der Waals surface area contributed by atoms with Crippen molar-refractivity contribution in [2.45, 2.75) is 32.4 Å². The average molecular weight is 585 g/mol. The quantitative estimate of drug-likeness (QED) is 0.303. The van der Waals surface area contributed by atoms with Crippen molar-refractivity contribution in [3.63, 3.8) is 0 Å². The molecule has 0 radical (unpaired) electrons. The van der Waals surface area contributed by atoms with Gasteiger partial charge in [0.2, 0.25) is 0 Å². The Morgan fingerprint density at radius 3 is 2.79 bits per heavy atom. The number of carbonyl (C=O) groups is 1. The Morgan fingerprint density at radius 2 is 1.95 bits per heavy atom. The lowest BCUT2D eigenvalue weighted by molar-refractivity contribution is 0.0195. The van der Waals surface area contributed by atoms with Crippen LogP contribution >= 0.6 is 0 Å². The third kappa shape index (κ3) is 5.17. The number of piperazine rings is 1. The lowest BCUT2D eigenvalue weighted by atomic mass is 10.1. The molecule has 5 aromatic rings. The number of nitrogens with one attached hydrogen (secondary N) is 1. The predicted molar refractivity (Wildman–Crippen MR) is 157 cm³/mol. The predicted octanol–water partition coefficient (Wildman–Crippen LogP) is 5.17. The number of halogens is 1. The van der Waals surface area contributed by atoms with Crippen molar-refractivity contribution in [3.05, 3.63) is 67.1 Å². The Bertz CT molecular complexity index is 1860. The molecule has 43 heavy (non-hydrogen) atoms. The Kier molecular flexibility index (Phi) is 6.37. The summed E-state index contributed by atoms with van der Waals surface area (Å²) in [5, 5.41) is 7.97. The number of carbonyl (C=O) groups excluding carboxylic acids is 1. The lowest BCUT2D eigenvalue weighted by Gasteiger charge is -2.45. The maximum absolute atomic E-state index is 15.1. The molecule has 0 unspecified atom stereocenters. The fourth-order valence-corrected chi connectivity index (χ4v) is 5.35. The highest BCUT2D eigenvalue weighted by molar-refractivity contribution is 6.00. The summed E-state index contributed by atoms with van der Waals surface area (Å²) in [7, 11) is 0. The third-order valence-electron chi connectivity index (χ3n) is 7.27. The zero-order chi connectivity index (χ0) is 29.7. The van der Waals surface area contributed by atoms with Gasteiger partial charge in [0.15, 0.2) is 23.0 Å². The van der Waals surface area contributed by atoms with Crippen LogP contribution in [-0.4, -0.2) is 73.4 Å². The number of rotatable bonds is 4. The standard InChI is InChI=1S/C30H29FN8O4/c1-30(2,3)43-29(40)37-10-11-38-19(14-37)15-41-27-23(38)6-5-22-26(27)28(34-16-32-22)36-18-4-7-24(21(31)12-18)42-20-8-9-39-25(13-20)33-17-35-39/h4-9,12-13,16-17,19H,10-11,14-15H2,1-3H3,(H,32,34,36)/t19-/m0/s1. The molecule has 1 saturated heterocycles. The van der Waals surface area contributed by atoms with Gasteiger partial charge in [0.25, 0.3) is 0 Å². The van der Waals surface area contributed by atoms with E-state index in [9.17, 15) is 4.79 Å². The van der Waals surface area contributed by atoms with Gasteiger partial charge in [-0.25, -0.2) is 28.7 Å². The molecule has 0 aliphatic carbocycles. The first kappa shape index (κ1) is 26.7. The van der Waals surface area contributed by atoms with E-state index in [1.165, 1.54) is 18.7 Å². The van der Waals surface area contributed by atoms with Crippen molar-refractivity contribution in [2.24, 2.45) is 0 Å². The first-order chi connectivity index (χ1) is 20.7. The van der Waals surface area contributed by atoms with E-state index in [4.69, 9.17) is 14.2 Å². The monoisotopic (exact) mass is 584 g/mol. The smallest absolute Gasteiger partial charge is 0.410 e. The van der Waals surface area contributed by atoms with Crippen LogP contribution in [0.25, 0.3) is 16.6 Å². The van der Waals surface area contributed by atoms with Crippen LogP contribution in [0.5, 0.6) is 17.2 Å². The Hall–Kier alpha value is -5.20. The summed E-state index contributed by atoms with van der Waals surface area (Å²) in [6.45, 7) is 7.59. The van der Waals surface area contributed by atoms with Gasteiger partial charge in [0.1, 0.15) is 36.4 Å². The summed E-state index contributed by atoms with van der Waals surface area (Å²) < 4.78 is 34.4.